The van der Waals surface area contributed by atoms with E-state index in [9.17, 15) is 8.42 Å². The highest BCUT2D eigenvalue weighted by Gasteiger charge is 2.23. The van der Waals surface area contributed by atoms with Crippen LogP contribution in [0.5, 0.6) is 0 Å². The van der Waals surface area contributed by atoms with Gasteiger partial charge in [-0.15, -0.1) is 0 Å². The van der Waals surface area contributed by atoms with Crippen molar-refractivity contribution in [1.82, 2.24) is 0 Å². The lowest BCUT2D eigenvalue weighted by Gasteiger charge is -2.32. The monoisotopic (exact) mass is 384 g/mol. The Labute approximate surface area is 152 Å². The number of nitrogens with zero attached hydrogens (tertiary/aromatic N) is 1. The van der Waals surface area contributed by atoms with Crippen LogP contribution in [0.1, 0.15) is 12.0 Å². The molecule has 2 aromatic carbocycles. The zero-order valence-electron chi connectivity index (χ0n) is 13.0. The van der Waals surface area contributed by atoms with Gasteiger partial charge in [-0.05, 0) is 48.7 Å². The predicted molar refractivity (Wildman–Crippen MR) is 99.9 cm³/mol. The van der Waals surface area contributed by atoms with Crippen LogP contribution in [0.4, 0.5) is 11.4 Å². The molecular formula is C17H18Cl2N2O2S. The van der Waals surface area contributed by atoms with Crippen molar-refractivity contribution >= 4 is 44.4 Å². The summed E-state index contributed by atoms with van der Waals surface area (Å²) in [5.74, 6) is -0.0265. The van der Waals surface area contributed by atoms with Gasteiger partial charge in [0.25, 0.3) is 0 Å². The number of hydrogen-bond acceptors (Lipinski definition) is 4. The lowest BCUT2D eigenvalue weighted by atomic mass is 10.00. The second kappa shape index (κ2) is 6.82. The third-order valence-electron chi connectivity index (χ3n) is 4.24. The van der Waals surface area contributed by atoms with E-state index in [1.165, 1.54) is 12.1 Å². The van der Waals surface area contributed by atoms with E-state index in [0.717, 1.165) is 36.3 Å². The molecule has 0 unspecified atom stereocenters. The van der Waals surface area contributed by atoms with Crippen molar-refractivity contribution in [2.24, 2.45) is 0 Å². The fourth-order valence-corrected chi connectivity index (χ4v) is 5.08. The highest BCUT2D eigenvalue weighted by atomic mass is 35.5. The topological polar surface area (TPSA) is 63.4 Å². The van der Waals surface area contributed by atoms with Crippen molar-refractivity contribution in [2.75, 3.05) is 29.5 Å². The minimum absolute atomic E-state index is 0.0265. The summed E-state index contributed by atoms with van der Waals surface area (Å²) in [5, 5.41) is 0.553. The van der Waals surface area contributed by atoms with Crippen molar-refractivity contribution in [3.63, 3.8) is 0 Å². The van der Waals surface area contributed by atoms with E-state index in [4.69, 9.17) is 28.9 Å². The summed E-state index contributed by atoms with van der Waals surface area (Å²) in [7, 11) is -3.51. The summed E-state index contributed by atoms with van der Waals surface area (Å²) in [5.41, 5.74) is 8.92. The molecule has 1 heterocycles. The Morgan fingerprint density at radius 3 is 2.75 bits per heavy atom. The fourth-order valence-electron chi connectivity index (χ4n) is 3.02. The molecule has 128 valence electrons. The zero-order valence-corrected chi connectivity index (χ0v) is 15.3. The van der Waals surface area contributed by atoms with Crippen LogP contribution in [0.3, 0.4) is 0 Å². The minimum Gasteiger partial charge on any atom is -0.398 e. The van der Waals surface area contributed by atoms with Gasteiger partial charge in [0.1, 0.15) is 0 Å². The van der Waals surface area contributed by atoms with Gasteiger partial charge in [0.05, 0.1) is 15.7 Å². The van der Waals surface area contributed by atoms with Crippen LogP contribution < -0.4 is 10.6 Å². The Hall–Kier alpha value is -1.43. The molecule has 0 saturated carbocycles. The van der Waals surface area contributed by atoms with E-state index in [1.807, 2.05) is 18.2 Å². The van der Waals surface area contributed by atoms with Crippen LogP contribution in [0.2, 0.25) is 10.0 Å². The molecule has 0 aromatic heterocycles. The minimum atomic E-state index is -3.51. The number of hydrogen-bond donors (Lipinski definition) is 1. The van der Waals surface area contributed by atoms with Gasteiger partial charge >= 0.3 is 0 Å². The molecule has 2 N–H and O–H groups in total. The van der Waals surface area contributed by atoms with E-state index < -0.39 is 9.84 Å². The van der Waals surface area contributed by atoms with Crippen LogP contribution in [0.25, 0.3) is 0 Å². The SMILES string of the molecule is Nc1cccc2c1CCCN2CCS(=O)(=O)c1cc(Cl)ccc1Cl. The first kappa shape index (κ1) is 17.4. The number of benzene rings is 2. The molecule has 0 saturated heterocycles. The lowest BCUT2D eigenvalue weighted by Crippen LogP contribution is -2.34. The third-order valence-corrected chi connectivity index (χ3v) is 6.65. The average Bonchev–Trinajstić information content (AvgIpc) is 2.55. The maximum absolute atomic E-state index is 12.6. The Kier molecular flexibility index (Phi) is 4.95. The normalized spacial score (nSPS) is 14.5. The van der Waals surface area contributed by atoms with E-state index >= 15 is 0 Å². The summed E-state index contributed by atoms with van der Waals surface area (Å²) >= 11 is 11.9. The van der Waals surface area contributed by atoms with Gasteiger partial charge in [-0.1, -0.05) is 29.3 Å². The van der Waals surface area contributed by atoms with Gasteiger partial charge in [-0.2, -0.15) is 0 Å². The largest absolute Gasteiger partial charge is 0.398 e. The lowest BCUT2D eigenvalue weighted by molar-refractivity contribution is 0.593. The molecule has 0 amide bonds. The molecule has 0 radical (unpaired) electrons. The number of rotatable bonds is 4. The maximum atomic E-state index is 12.6. The standard InChI is InChI=1S/C17H18Cl2N2O2S/c18-12-6-7-14(19)17(11-12)24(22,23)10-9-21-8-2-3-13-15(20)4-1-5-16(13)21/h1,4-7,11H,2-3,8-10,20H2. The summed E-state index contributed by atoms with van der Waals surface area (Å²) in [6, 6.07) is 10.3. The summed E-state index contributed by atoms with van der Waals surface area (Å²) in [6.45, 7) is 1.21. The molecule has 0 bridgehead atoms. The second-order valence-corrected chi connectivity index (χ2v) is 8.75. The second-order valence-electron chi connectivity index (χ2n) is 5.83. The third kappa shape index (κ3) is 3.48. The number of anilines is 2. The quantitative estimate of drug-likeness (QED) is 0.814. The van der Waals surface area contributed by atoms with Crippen molar-refractivity contribution in [2.45, 2.75) is 17.7 Å². The molecule has 1 aliphatic heterocycles. The highest BCUT2D eigenvalue weighted by Crippen LogP contribution is 2.32. The smallest absolute Gasteiger partial charge is 0.181 e. The Balaban J connectivity index is 1.82. The Bertz CT molecular complexity index is 869. The molecule has 4 nitrogen and oxygen atoms in total. The van der Waals surface area contributed by atoms with Gasteiger partial charge in [0.2, 0.25) is 0 Å². The summed E-state index contributed by atoms with van der Waals surface area (Å²) in [6.07, 6.45) is 1.88. The van der Waals surface area contributed by atoms with Crippen LogP contribution in [0.15, 0.2) is 41.3 Å². The Morgan fingerprint density at radius 1 is 1.17 bits per heavy atom. The molecule has 3 rings (SSSR count). The predicted octanol–water partition coefficient (Wildman–Crippen LogP) is 3.80. The molecule has 0 fully saturated rings. The number of halogens is 2. The van der Waals surface area contributed by atoms with Crippen molar-refractivity contribution < 1.29 is 8.42 Å². The van der Waals surface area contributed by atoms with E-state index in [2.05, 4.69) is 4.90 Å². The molecule has 7 heteroatoms. The van der Waals surface area contributed by atoms with Gasteiger partial charge in [0.15, 0.2) is 9.84 Å². The van der Waals surface area contributed by atoms with Crippen LogP contribution >= 0.6 is 23.2 Å². The summed E-state index contributed by atoms with van der Waals surface area (Å²) in [4.78, 5) is 2.16. The highest BCUT2D eigenvalue weighted by molar-refractivity contribution is 7.91. The molecular weight excluding hydrogens is 367 g/mol. The maximum Gasteiger partial charge on any atom is 0.181 e. The first-order valence-electron chi connectivity index (χ1n) is 7.68. The molecule has 0 aliphatic carbocycles. The van der Waals surface area contributed by atoms with Gasteiger partial charge in [-0.3, -0.25) is 0 Å². The van der Waals surface area contributed by atoms with E-state index in [1.54, 1.807) is 6.07 Å². The van der Waals surface area contributed by atoms with Crippen molar-refractivity contribution in [3.05, 3.63) is 52.0 Å². The molecule has 1 aliphatic rings. The van der Waals surface area contributed by atoms with Gasteiger partial charge in [-0.25, -0.2) is 8.42 Å². The van der Waals surface area contributed by atoms with Crippen molar-refractivity contribution in [1.29, 1.82) is 0 Å². The number of fused-ring (bicyclic) bond motifs is 1. The molecule has 0 spiro atoms. The number of nitrogens with two attached hydrogens (primary N) is 1. The first-order valence-corrected chi connectivity index (χ1v) is 10.1. The van der Waals surface area contributed by atoms with Crippen LogP contribution in [-0.4, -0.2) is 27.3 Å². The number of nitrogen functional groups attached to an aromatic ring is 1. The van der Waals surface area contributed by atoms with Crippen molar-refractivity contribution in [3.8, 4) is 0 Å². The zero-order chi connectivity index (χ0) is 17.3. The van der Waals surface area contributed by atoms with E-state index in [-0.39, 0.29) is 15.7 Å². The molecule has 0 atom stereocenters. The molecule has 2 aromatic rings. The fraction of sp³-hybridized carbons (Fsp3) is 0.294. The van der Waals surface area contributed by atoms with Crippen LogP contribution in [0, 0.1) is 0 Å². The van der Waals surface area contributed by atoms with E-state index in [0.29, 0.717) is 11.6 Å². The van der Waals surface area contributed by atoms with Crippen LogP contribution in [-0.2, 0) is 16.3 Å². The average molecular weight is 385 g/mol. The van der Waals surface area contributed by atoms with Gasteiger partial charge < -0.3 is 10.6 Å². The number of sulfone groups is 1. The first-order chi connectivity index (χ1) is 11.4. The summed E-state index contributed by atoms with van der Waals surface area (Å²) < 4.78 is 25.3. The van der Waals surface area contributed by atoms with Gasteiger partial charge in [0, 0.05) is 29.5 Å². The molecule has 24 heavy (non-hydrogen) atoms. The Morgan fingerprint density at radius 2 is 1.96 bits per heavy atom.